The van der Waals surface area contributed by atoms with E-state index in [1.165, 1.54) is 5.56 Å². The molecule has 0 aliphatic heterocycles. The molecular weight excluding hydrogens is 226 g/mol. The van der Waals surface area contributed by atoms with E-state index in [2.05, 4.69) is 31.3 Å². The highest BCUT2D eigenvalue weighted by molar-refractivity contribution is 5.27. The summed E-state index contributed by atoms with van der Waals surface area (Å²) in [6.45, 7) is 9.01. The van der Waals surface area contributed by atoms with Crippen LogP contribution in [-0.2, 0) is 6.54 Å². The number of aliphatic hydroxyl groups is 1. The van der Waals surface area contributed by atoms with Gasteiger partial charge in [-0.05, 0) is 30.2 Å². The van der Waals surface area contributed by atoms with Crippen LogP contribution in [0.4, 0.5) is 0 Å². The summed E-state index contributed by atoms with van der Waals surface area (Å²) in [5, 5.41) is 12.3. The zero-order valence-electron chi connectivity index (χ0n) is 11.6. The van der Waals surface area contributed by atoms with E-state index in [9.17, 15) is 0 Å². The standard InChI is InChI=1S/C15H25NO2/c1-12(2)8-16-9-14-4-6-15(7-5-14)18-11-13(3)10-17/h4-7,12-13,16-17H,8-11H2,1-3H3. The summed E-state index contributed by atoms with van der Waals surface area (Å²) in [7, 11) is 0. The molecule has 0 saturated heterocycles. The molecule has 0 heterocycles. The molecule has 1 atom stereocenters. The minimum Gasteiger partial charge on any atom is -0.493 e. The number of hydrogen-bond donors (Lipinski definition) is 2. The molecule has 0 fully saturated rings. The maximum Gasteiger partial charge on any atom is 0.119 e. The largest absolute Gasteiger partial charge is 0.493 e. The Labute approximate surface area is 110 Å². The SMILES string of the molecule is CC(C)CNCc1ccc(OCC(C)CO)cc1. The molecule has 0 spiro atoms. The second-order valence-corrected chi connectivity index (χ2v) is 5.27. The van der Waals surface area contributed by atoms with E-state index in [1.807, 2.05) is 19.1 Å². The van der Waals surface area contributed by atoms with Gasteiger partial charge in [0.1, 0.15) is 5.75 Å². The van der Waals surface area contributed by atoms with Gasteiger partial charge in [0.05, 0.1) is 6.61 Å². The van der Waals surface area contributed by atoms with Crippen molar-refractivity contribution in [3.8, 4) is 5.75 Å². The molecule has 0 aliphatic rings. The van der Waals surface area contributed by atoms with Gasteiger partial charge in [-0.25, -0.2) is 0 Å². The zero-order valence-corrected chi connectivity index (χ0v) is 11.6. The molecule has 0 bridgehead atoms. The molecule has 0 saturated carbocycles. The van der Waals surface area contributed by atoms with E-state index in [1.54, 1.807) is 0 Å². The quantitative estimate of drug-likeness (QED) is 0.745. The predicted octanol–water partition coefficient (Wildman–Crippen LogP) is 2.44. The molecule has 102 valence electrons. The van der Waals surface area contributed by atoms with E-state index in [0.717, 1.165) is 18.8 Å². The molecule has 3 heteroatoms. The highest BCUT2D eigenvalue weighted by Crippen LogP contribution is 2.13. The van der Waals surface area contributed by atoms with E-state index >= 15 is 0 Å². The Morgan fingerprint density at radius 1 is 1.17 bits per heavy atom. The molecule has 0 aromatic heterocycles. The van der Waals surface area contributed by atoms with Crippen molar-refractivity contribution < 1.29 is 9.84 Å². The third-order valence-corrected chi connectivity index (χ3v) is 2.65. The molecule has 3 nitrogen and oxygen atoms in total. The Balaban J connectivity index is 2.33. The van der Waals surface area contributed by atoms with Crippen molar-refractivity contribution in [3.05, 3.63) is 29.8 Å². The monoisotopic (exact) mass is 251 g/mol. The lowest BCUT2D eigenvalue weighted by atomic mass is 10.2. The lowest BCUT2D eigenvalue weighted by Crippen LogP contribution is -2.18. The lowest BCUT2D eigenvalue weighted by molar-refractivity contribution is 0.174. The molecule has 0 aliphatic carbocycles. The second-order valence-electron chi connectivity index (χ2n) is 5.27. The first kappa shape index (κ1) is 15.0. The van der Waals surface area contributed by atoms with Gasteiger partial charge in [0.2, 0.25) is 0 Å². The summed E-state index contributed by atoms with van der Waals surface area (Å²) in [5.41, 5.74) is 1.26. The van der Waals surface area contributed by atoms with Gasteiger partial charge in [0.25, 0.3) is 0 Å². The average molecular weight is 251 g/mol. The highest BCUT2D eigenvalue weighted by Gasteiger charge is 2.01. The van der Waals surface area contributed by atoms with Crippen LogP contribution in [0.25, 0.3) is 0 Å². The van der Waals surface area contributed by atoms with E-state index in [-0.39, 0.29) is 12.5 Å². The molecule has 1 unspecified atom stereocenters. The van der Waals surface area contributed by atoms with Gasteiger partial charge in [-0.15, -0.1) is 0 Å². The number of ether oxygens (including phenoxy) is 1. The minimum absolute atomic E-state index is 0.164. The summed E-state index contributed by atoms with van der Waals surface area (Å²) in [4.78, 5) is 0. The van der Waals surface area contributed by atoms with E-state index in [0.29, 0.717) is 12.5 Å². The first-order chi connectivity index (χ1) is 8.61. The Morgan fingerprint density at radius 2 is 1.83 bits per heavy atom. The molecular formula is C15H25NO2. The summed E-state index contributed by atoms with van der Waals surface area (Å²) >= 11 is 0. The van der Waals surface area contributed by atoms with Crippen molar-refractivity contribution in [1.82, 2.24) is 5.32 Å². The summed E-state index contributed by atoms with van der Waals surface area (Å²) in [5.74, 6) is 1.72. The van der Waals surface area contributed by atoms with Crippen LogP contribution in [0.5, 0.6) is 5.75 Å². The molecule has 1 aromatic rings. The number of rotatable bonds is 8. The lowest BCUT2D eigenvalue weighted by Gasteiger charge is -2.11. The van der Waals surface area contributed by atoms with Crippen LogP contribution in [0.3, 0.4) is 0 Å². The van der Waals surface area contributed by atoms with Gasteiger partial charge < -0.3 is 15.2 Å². The second kappa shape index (κ2) is 8.11. The molecule has 2 N–H and O–H groups in total. The van der Waals surface area contributed by atoms with Gasteiger partial charge in [-0.2, -0.15) is 0 Å². The maximum absolute atomic E-state index is 8.91. The molecule has 0 radical (unpaired) electrons. The molecule has 0 amide bonds. The average Bonchev–Trinajstić information content (AvgIpc) is 2.37. The normalized spacial score (nSPS) is 12.7. The first-order valence-electron chi connectivity index (χ1n) is 6.65. The third kappa shape index (κ3) is 6.03. The number of nitrogens with one attached hydrogen (secondary N) is 1. The van der Waals surface area contributed by atoms with Gasteiger partial charge in [-0.1, -0.05) is 32.9 Å². The van der Waals surface area contributed by atoms with Crippen molar-refractivity contribution in [2.45, 2.75) is 27.3 Å². The summed E-state index contributed by atoms with van der Waals surface area (Å²) in [6, 6.07) is 8.12. The van der Waals surface area contributed by atoms with Crippen molar-refractivity contribution in [3.63, 3.8) is 0 Å². The van der Waals surface area contributed by atoms with Crippen LogP contribution in [0.2, 0.25) is 0 Å². The van der Waals surface area contributed by atoms with Crippen molar-refractivity contribution >= 4 is 0 Å². The van der Waals surface area contributed by atoms with Crippen LogP contribution >= 0.6 is 0 Å². The van der Waals surface area contributed by atoms with Crippen LogP contribution in [0.15, 0.2) is 24.3 Å². The Kier molecular flexibility index (Phi) is 6.76. The Bertz CT molecular complexity index is 322. The number of aliphatic hydroxyl groups excluding tert-OH is 1. The van der Waals surface area contributed by atoms with E-state index in [4.69, 9.17) is 9.84 Å². The fraction of sp³-hybridized carbons (Fsp3) is 0.600. The Morgan fingerprint density at radius 3 is 2.39 bits per heavy atom. The molecule has 1 aromatic carbocycles. The zero-order chi connectivity index (χ0) is 13.4. The topological polar surface area (TPSA) is 41.5 Å². The van der Waals surface area contributed by atoms with Gasteiger partial charge >= 0.3 is 0 Å². The summed E-state index contributed by atoms with van der Waals surface area (Å²) < 4.78 is 5.58. The van der Waals surface area contributed by atoms with Crippen LogP contribution < -0.4 is 10.1 Å². The fourth-order valence-corrected chi connectivity index (χ4v) is 1.50. The van der Waals surface area contributed by atoms with Crippen LogP contribution in [-0.4, -0.2) is 24.9 Å². The number of benzene rings is 1. The third-order valence-electron chi connectivity index (χ3n) is 2.65. The van der Waals surface area contributed by atoms with E-state index < -0.39 is 0 Å². The van der Waals surface area contributed by atoms with Crippen molar-refractivity contribution in [2.75, 3.05) is 19.8 Å². The smallest absolute Gasteiger partial charge is 0.119 e. The fourth-order valence-electron chi connectivity index (χ4n) is 1.50. The van der Waals surface area contributed by atoms with Crippen molar-refractivity contribution in [2.24, 2.45) is 11.8 Å². The Hall–Kier alpha value is -1.06. The molecule has 18 heavy (non-hydrogen) atoms. The van der Waals surface area contributed by atoms with Gasteiger partial charge in [-0.3, -0.25) is 0 Å². The van der Waals surface area contributed by atoms with Gasteiger partial charge in [0.15, 0.2) is 0 Å². The first-order valence-corrected chi connectivity index (χ1v) is 6.65. The summed E-state index contributed by atoms with van der Waals surface area (Å²) in [6.07, 6.45) is 0. The van der Waals surface area contributed by atoms with Crippen LogP contribution in [0.1, 0.15) is 26.3 Å². The molecule has 1 rings (SSSR count). The van der Waals surface area contributed by atoms with Gasteiger partial charge in [0, 0.05) is 19.1 Å². The maximum atomic E-state index is 8.91. The van der Waals surface area contributed by atoms with Crippen LogP contribution in [0, 0.1) is 11.8 Å². The minimum atomic E-state index is 0.164. The highest BCUT2D eigenvalue weighted by atomic mass is 16.5. The number of hydrogen-bond acceptors (Lipinski definition) is 3. The predicted molar refractivity (Wildman–Crippen MR) is 74.7 cm³/mol. The van der Waals surface area contributed by atoms with Crippen molar-refractivity contribution in [1.29, 1.82) is 0 Å².